The van der Waals surface area contributed by atoms with E-state index in [0.29, 0.717) is 68.2 Å². The van der Waals surface area contributed by atoms with Crippen molar-refractivity contribution in [1.29, 1.82) is 0 Å². The van der Waals surface area contributed by atoms with Crippen molar-refractivity contribution >= 4 is 46.9 Å². The van der Waals surface area contributed by atoms with Crippen molar-refractivity contribution < 1.29 is 42.6 Å². The monoisotopic (exact) mass is 1050 g/mol. The Morgan fingerprint density at radius 1 is 0.840 bits per heavy atom. The van der Waals surface area contributed by atoms with Crippen molar-refractivity contribution in [2.45, 2.75) is 108 Å². The summed E-state index contributed by atoms with van der Waals surface area (Å²) in [5.74, 6) is -0.156. The summed E-state index contributed by atoms with van der Waals surface area (Å²) in [4.78, 5) is 69.0. The molecule has 1 aliphatic carbocycles. The van der Waals surface area contributed by atoms with Gasteiger partial charge in [-0.25, -0.2) is 9.18 Å². The van der Waals surface area contributed by atoms with E-state index >= 15 is 4.39 Å². The van der Waals surface area contributed by atoms with E-state index in [1.807, 2.05) is 48.2 Å². The lowest BCUT2D eigenvalue weighted by Crippen LogP contribution is -2.49. The van der Waals surface area contributed by atoms with Crippen LogP contribution in [0.5, 0.6) is 11.5 Å². The number of benzene rings is 4. The SMILES string of the molecule is Cc1ccc(OCC(=O)N2CCC(CC3CCN(CC(=O)NC4CCC(NCC(c5ccccc5)c5ccc(Cl)c(-c6c(C(N)=O)ccc(OC[C@@H]7CCCO7)c6F)c5)CC4)CC3)CC2)cc1N1CCC(=O)NC1=O. The Balaban J connectivity index is 0.696. The molecule has 4 aromatic rings. The number of hydrogen-bond acceptors (Lipinski definition) is 10. The predicted octanol–water partition coefficient (Wildman–Crippen LogP) is 8.13. The molecule has 4 saturated heterocycles. The van der Waals surface area contributed by atoms with E-state index in [9.17, 15) is 24.0 Å². The largest absolute Gasteiger partial charge is 0.488 e. The lowest BCUT2D eigenvalue weighted by atomic mass is 9.83. The molecule has 5 aliphatic rings. The molecule has 4 aromatic carbocycles. The van der Waals surface area contributed by atoms with Crippen LogP contribution in [0.3, 0.4) is 0 Å². The standard InChI is InChI=1S/C58H71ClFN7O8/c1-37-9-15-44(32-50(37)67-28-23-52(68)64-58(67)72)74-36-54(70)66-26-21-39(22-27-66)30-38-19-24-65(25-20-38)34-53(69)63-43-13-11-42(12-14-43)62-33-48(40-6-3-2-4-7-40)41-10-17-49(59)47(31-41)55-46(57(61)71)16-18-51(56(55)60)75-35-45-8-5-29-73-45/h2-4,6-7,9-10,15-18,31-32,38-39,42-43,45,48,62H,5,8,11-14,19-30,33-36H2,1H3,(H2,61,71)(H,63,69)(H,64,68,72)/t42?,43?,45-,48?/m0/s1. The lowest BCUT2D eigenvalue weighted by Gasteiger charge is -2.37. The molecule has 9 rings (SSSR count). The number of carbonyl (C=O) groups excluding carboxylic acids is 5. The Hall–Kier alpha value is -6.07. The number of carbonyl (C=O) groups is 5. The van der Waals surface area contributed by atoms with Gasteiger partial charge in [-0.15, -0.1) is 0 Å². The summed E-state index contributed by atoms with van der Waals surface area (Å²) in [5, 5.41) is 9.79. The molecule has 5 fully saturated rings. The van der Waals surface area contributed by atoms with Crippen LogP contribution in [0, 0.1) is 24.6 Å². The number of likely N-dealkylation sites (tertiary alicyclic amines) is 2. The molecule has 0 spiro atoms. The maximum absolute atomic E-state index is 16.4. The third kappa shape index (κ3) is 13.9. The summed E-state index contributed by atoms with van der Waals surface area (Å²) in [5.41, 5.74) is 9.70. The normalized spacial score (nSPS) is 21.4. The molecule has 4 heterocycles. The van der Waals surface area contributed by atoms with Gasteiger partial charge in [0.15, 0.2) is 18.2 Å². The Kier molecular flexibility index (Phi) is 18.0. The number of nitrogens with one attached hydrogen (secondary N) is 3. The van der Waals surface area contributed by atoms with Crippen molar-refractivity contribution in [2.24, 2.45) is 17.6 Å². The molecular formula is C58H71ClFN7O8. The number of primary amides is 1. The predicted molar refractivity (Wildman–Crippen MR) is 286 cm³/mol. The highest BCUT2D eigenvalue weighted by Crippen LogP contribution is 2.40. The number of anilines is 1. The van der Waals surface area contributed by atoms with Crippen molar-refractivity contribution in [3.05, 3.63) is 112 Å². The quantitative estimate of drug-likeness (QED) is 0.0715. The van der Waals surface area contributed by atoms with Crippen LogP contribution in [-0.4, -0.2) is 123 Å². The Morgan fingerprint density at radius 3 is 2.28 bits per heavy atom. The van der Waals surface area contributed by atoms with Gasteiger partial charge in [0.05, 0.1) is 23.9 Å². The number of amides is 6. The summed E-state index contributed by atoms with van der Waals surface area (Å²) in [6.07, 6.45) is 10.7. The van der Waals surface area contributed by atoms with Gasteiger partial charge in [-0.3, -0.25) is 34.3 Å². The van der Waals surface area contributed by atoms with Gasteiger partial charge in [-0.05, 0) is 150 Å². The fourth-order valence-corrected chi connectivity index (χ4v) is 11.8. The minimum absolute atomic E-state index is 0.00643. The number of halogens is 2. The molecule has 0 radical (unpaired) electrons. The minimum Gasteiger partial charge on any atom is -0.488 e. The second kappa shape index (κ2) is 25.2. The highest BCUT2D eigenvalue weighted by molar-refractivity contribution is 6.33. The van der Waals surface area contributed by atoms with Crippen molar-refractivity contribution in [3.63, 3.8) is 0 Å². The number of ether oxygens (including phenoxy) is 3. The maximum atomic E-state index is 16.4. The molecule has 1 saturated carbocycles. The third-order valence-corrected chi connectivity index (χ3v) is 16.3. The second-order valence-corrected chi connectivity index (χ2v) is 21.5. The van der Waals surface area contributed by atoms with Crippen LogP contribution in [0.25, 0.3) is 11.1 Å². The molecule has 1 unspecified atom stereocenters. The lowest BCUT2D eigenvalue weighted by molar-refractivity contribution is -0.135. The van der Waals surface area contributed by atoms with Crippen LogP contribution in [0.15, 0.2) is 78.9 Å². The Morgan fingerprint density at radius 2 is 1.57 bits per heavy atom. The molecule has 400 valence electrons. The first-order valence-corrected chi connectivity index (χ1v) is 27.3. The number of nitrogens with two attached hydrogens (primary N) is 1. The van der Waals surface area contributed by atoms with E-state index < -0.39 is 17.8 Å². The van der Waals surface area contributed by atoms with Gasteiger partial charge in [-0.2, -0.15) is 0 Å². The number of rotatable bonds is 19. The number of imide groups is 1. The Labute approximate surface area is 444 Å². The summed E-state index contributed by atoms with van der Waals surface area (Å²) in [7, 11) is 0. The van der Waals surface area contributed by atoms with Gasteiger partial charge in [0.1, 0.15) is 12.4 Å². The fraction of sp³-hybridized carbons (Fsp3) is 0.500. The van der Waals surface area contributed by atoms with Crippen LogP contribution in [-0.2, 0) is 19.1 Å². The van der Waals surface area contributed by atoms with Gasteiger partial charge < -0.3 is 35.5 Å². The number of nitrogens with zero attached hydrogens (tertiary/aromatic N) is 3. The first-order valence-electron chi connectivity index (χ1n) is 26.9. The molecule has 5 N–H and O–H groups in total. The van der Waals surface area contributed by atoms with Crippen molar-refractivity contribution in [3.8, 4) is 22.6 Å². The molecule has 4 aliphatic heterocycles. The number of hydrogen-bond donors (Lipinski definition) is 4. The smallest absolute Gasteiger partial charge is 0.328 e. The second-order valence-electron chi connectivity index (χ2n) is 21.1. The average Bonchev–Trinajstić information content (AvgIpc) is 3.94. The number of piperidine rings is 2. The number of urea groups is 1. The van der Waals surface area contributed by atoms with Crippen LogP contribution in [0.4, 0.5) is 14.9 Å². The van der Waals surface area contributed by atoms with Crippen LogP contribution < -0.4 is 36.1 Å². The molecule has 6 amide bonds. The van der Waals surface area contributed by atoms with Gasteiger partial charge >= 0.3 is 6.03 Å². The summed E-state index contributed by atoms with van der Waals surface area (Å²) < 4.78 is 33.9. The topological polar surface area (TPSA) is 185 Å². The Bertz CT molecular complexity index is 2660. The molecule has 0 bridgehead atoms. The van der Waals surface area contributed by atoms with E-state index in [1.54, 1.807) is 18.2 Å². The van der Waals surface area contributed by atoms with E-state index in [1.165, 1.54) is 17.0 Å². The highest BCUT2D eigenvalue weighted by Gasteiger charge is 2.31. The first-order chi connectivity index (χ1) is 36.3. The first kappa shape index (κ1) is 53.7. The maximum Gasteiger partial charge on any atom is 0.328 e. The van der Waals surface area contributed by atoms with Gasteiger partial charge in [0, 0.05) is 79.4 Å². The summed E-state index contributed by atoms with van der Waals surface area (Å²) in [6, 6.07) is 23.9. The molecular weight excluding hydrogens is 977 g/mol. The molecule has 0 aromatic heterocycles. The molecule has 2 atom stereocenters. The molecule has 75 heavy (non-hydrogen) atoms. The molecule has 15 nitrogen and oxygen atoms in total. The van der Waals surface area contributed by atoms with E-state index in [-0.39, 0.29) is 83.4 Å². The van der Waals surface area contributed by atoms with E-state index in [0.717, 1.165) is 100 Å². The van der Waals surface area contributed by atoms with E-state index in [2.05, 4.69) is 33.0 Å². The van der Waals surface area contributed by atoms with Gasteiger partial charge in [0.2, 0.25) is 17.7 Å². The third-order valence-electron chi connectivity index (χ3n) is 16.0. The summed E-state index contributed by atoms with van der Waals surface area (Å²) in [6.45, 7) is 7.19. The van der Waals surface area contributed by atoms with Crippen molar-refractivity contribution in [1.82, 2.24) is 25.8 Å². The molecule has 17 heteroatoms. The zero-order valence-corrected chi connectivity index (χ0v) is 43.7. The van der Waals surface area contributed by atoms with Gasteiger partial charge in [-0.1, -0.05) is 54.1 Å². The van der Waals surface area contributed by atoms with Crippen molar-refractivity contribution in [2.75, 3.05) is 70.5 Å². The van der Waals surface area contributed by atoms with Crippen LogP contribution >= 0.6 is 11.6 Å². The zero-order valence-electron chi connectivity index (χ0n) is 43.0. The van der Waals surface area contributed by atoms with E-state index in [4.69, 9.17) is 31.5 Å². The van der Waals surface area contributed by atoms with Crippen LogP contribution in [0.2, 0.25) is 5.02 Å². The fourth-order valence-electron chi connectivity index (χ4n) is 11.6. The zero-order chi connectivity index (χ0) is 52.4. The highest BCUT2D eigenvalue weighted by atomic mass is 35.5. The summed E-state index contributed by atoms with van der Waals surface area (Å²) >= 11 is 6.81. The number of aryl methyl sites for hydroxylation is 1. The van der Waals surface area contributed by atoms with Crippen LogP contribution in [0.1, 0.15) is 110 Å². The average molecular weight is 1050 g/mol. The van der Waals surface area contributed by atoms with Gasteiger partial charge in [0.25, 0.3) is 5.91 Å². The minimum atomic E-state index is -0.768.